The fourth-order valence-corrected chi connectivity index (χ4v) is 3.87. The van der Waals surface area contributed by atoms with E-state index in [1.807, 2.05) is 73.7 Å². The Bertz CT molecular complexity index is 1280. The van der Waals surface area contributed by atoms with E-state index in [0.29, 0.717) is 6.42 Å². The first-order valence-corrected chi connectivity index (χ1v) is 10.2. The number of H-pyrrole nitrogens is 1. The van der Waals surface area contributed by atoms with Gasteiger partial charge in [-0.3, -0.25) is 4.79 Å². The molecule has 0 bridgehead atoms. The van der Waals surface area contributed by atoms with Gasteiger partial charge in [-0.15, -0.1) is 0 Å². The van der Waals surface area contributed by atoms with Gasteiger partial charge in [0.2, 0.25) is 5.91 Å². The number of para-hydroxylation sites is 1. The lowest BCUT2D eigenvalue weighted by Gasteiger charge is -2.27. The molecular formula is C25H22N4O2. The van der Waals surface area contributed by atoms with Gasteiger partial charge >= 0.3 is 0 Å². The summed E-state index contributed by atoms with van der Waals surface area (Å²) in [4.78, 5) is 20.7. The van der Waals surface area contributed by atoms with Crippen LogP contribution in [0.1, 0.15) is 18.9 Å². The molecule has 1 aromatic heterocycles. The Morgan fingerprint density at radius 3 is 2.48 bits per heavy atom. The number of methoxy groups -OCH3 is 1. The van der Waals surface area contributed by atoms with Crippen molar-refractivity contribution < 1.29 is 9.53 Å². The van der Waals surface area contributed by atoms with Gasteiger partial charge in [0.25, 0.3) is 0 Å². The van der Waals surface area contributed by atoms with Crippen molar-refractivity contribution in [3.05, 3.63) is 78.4 Å². The Morgan fingerprint density at radius 2 is 1.74 bits per heavy atom. The van der Waals surface area contributed by atoms with E-state index in [9.17, 15) is 4.79 Å². The lowest BCUT2D eigenvalue weighted by Crippen LogP contribution is -2.36. The van der Waals surface area contributed by atoms with E-state index in [-0.39, 0.29) is 11.8 Å². The molecule has 4 aromatic rings. The molecule has 0 radical (unpaired) electrons. The number of carbonyl (C=O) groups is 1. The maximum atomic E-state index is 12.6. The largest absolute Gasteiger partial charge is 0.497 e. The highest BCUT2D eigenvalue weighted by Crippen LogP contribution is 2.28. The Labute approximate surface area is 180 Å². The molecule has 0 spiro atoms. The van der Waals surface area contributed by atoms with E-state index in [2.05, 4.69) is 11.1 Å². The fourth-order valence-electron chi connectivity index (χ4n) is 3.87. The summed E-state index contributed by atoms with van der Waals surface area (Å²) in [5.74, 6) is 1.65. The molecule has 3 aromatic carbocycles. The number of rotatable bonds is 4. The molecule has 6 nitrogen and oxygen atoms in total. The van der Waals surface area contributed by atoms with Gasteiger partial charge in [0.1, 0.15) is 11.6 Å². The molecule has 1 aliphatic heterocycles. The molecule has 6 heteroatoms. The van der Waals surface area contributed by atoms with Gasteiger partial charge in [-0.2, -0.15) is 5.10 Å². The Hall–Kier alpha value is -3.93. The van der Waals surface area contributed by atoms with Gasteiger partial charge in [0.05, 0.1) is 29.5 Å². The highest BCUT2D eigenvalue weighted by Gasteiger charge is 2.28. The summed E-state index contributed by atoms with van der Waals surface area (Å²) < 4.78 is 5.23. The van der Waals surface area contributed by atoms with Gasteiger partial charge < -0.3 is 9.72 Å². The molecule has 1 amide bonds. The molecule has 0 aliphatic carbocycles. The van der Waals surface area contributed by atoms with Crippen LogP contribution in [0.3, 0.4) is 0 Å². The number of benzene rings is 3. The van der Waals surface area contributed by atoms with Crippen LogP contribution in [-0.4, -0.2) is 28.7 Å². The van der Waals surface area contributed by atoms with Crippen LogP contribution in [0.5, 0.6) is 5.75 Å². The molecule has 5 rings (SSSR count). The third kappa shape index (κ3) is 3.57. The summed E-state index contributed by atoms with van der Waals surface area (Å²) in [6, 6.07) is 23.4. The summed E-state index contributed by atoms with van der Waals surface area (Å²) in [5.41, 5.74) is 5.46. The summed E-state index contributed by atoms with van der Waals surface area (Å²) in [6.07, 6.45) is 0.422. The number of imidazole rings is 1. The predicted octanol–water partition coefficient (Wildman–Crippen LogP) is 5.02. The van der Waals surface area contributed by atoms with Gasteiger partial charge in [-0.1, -0.05) is 31.2 Å². The van der Waals surface area contributed by atoms with Crippen molar-refractivity contribution in [1.82, 2.24) is 9.97 Å². The maximum Gasteiger partial charge on any atom is 0.248 e. The second-order valence-corrected chi connectivity index (χ2v) is 7.68. The maximum absolute atomic E-state index is 12.6. The summed E-state index contributed by atoms with van der Waals surface area (Å²) in [6.45, 7) is 2.04. The minimum Gasteiger partial charge on any atom is -0.497 e. The molecule has 1 unspecified atom stereocenters. The SMILES string of the molecule is COc1ccc(-c2nc3ccc(C4=NN(c5ccccc5)C(=O)CC4C)cc3[nH]2)cc1. The first-order valence-electron chi connectivity index (χ1n) is 10.2. The molecular weight excluding hydrogens is 388 g/mol. The number of ether oxygens (including phenoxy) is 1. The second kappa shape index (κ2) is 7.72. The number of aromatic amines is 1. The van der Waals surface area contributed by atoms with Crippen molar-refractivity contribution in [2.45, 2.75) is 13.3 Å². The number of fused-ring (bicyclic) bond motifs is 1. The number of aromatic nitrogens is 2. The highest BCUT2D eigenvalue weighted by molar-refractivity contribution is 6.11. The smallest absolute Gasteiger partial charge is 0.248 e. The van der Waals surface area contributed by atoms with Crippen molar-refractivity contribution >= 4 is 28.3 Å². The minimum absolute atomic E-state index is 0.00635. The van der Waals surface area contributed by atoms with Crippen molar-refractivity contribution in [1.29, 1.82) is 0 Å². The van der Waals surface area contributed by atoms with Crippen LogP contribution in [0.25, 0.3) is 22.4 Å². The van der Waals surface area contributed by atoms with Gasteiger partial charge in [0.15, 0.2) is 0 Å². The molecule has 1 aliphatic rings. The van der Waals surface area contributed by atoms with Gasteiger partial charge in [-0.05, 0) is 48.5 Å². The fraction of sp³-hybridized carbons (Fsp3) is 0.160. The van der Waals surface area contributed by atoms with Crippen molar-refractivity contribution in [3.63, 3.8) is 0 Å². The number of nitrogens with one attached hydrogen (secondary N) is 1. The summed E-state index contributed by atoms with van der Waals surface area (Å²) in [5, 5.41) is 6.24. The number of carbonyl (C=O) groups excluding carboxylic acids is 1. The van der Waals surface area contributed by atoms with E-state index < -0.39 is 0 Å². The molecule has 0 saturated carbocycles. The van der Waals surface area contributed by atoms with E-state index in [1.54, 1.807) is 7.11 Å². The van der Waals surface area contributed by atoms with Crippen LogP contribution < -0.4 is 9.75 Å². The highest BCUT2D eigenvalue weighted by atomic mass is 16.5. The van der Waals surface area contributed by atoms with E-state index in [1.165, 1.54) is 5.01 Å². The lowest BCUT2D eigenvalue weighted by atomic mass is 9.93. The zero-order valence-corrected chi connectivity index (χ0v) is 17.4. The van der Waals surface area contributed by atoms with E-state index in [4.69, 9.17) is 14.8 Å². The number of hydrazone groups is 1. The Balaban J connectivity index is 1.52. The topological polar surface area (TPSA) is 70.6 Å². The zero-order chi connectivity index (χ0) is 21.4. The quantitative estimate of drug-likeness (QED) is 0.514. The Kier molecular flexibility index (Phi) is 4.75. The predicted molar refractivity (Wildman–Crippen MR) is 122 cm³/mol. The third-order valence-corrected chi connectivity index (χ3v) is 5.53. The van der Waals surface area contributed by atoms with E-state index in [0.717, 1.165) is 45.1 Å². The molecule has 1 N–H and O–H groups in total. The molecule has 31 heavy (non-hydrogen) atoms. The molecule has 0 fully saturated rings. The van der Waals surface area contributed by atoms with Crippen LogP contribution in [0.15, 0.2) is 77.9 Å². The van der Waals surface area contributed by atoms with Crippen molar-refractivity contribution in [3.8, 4) is 17.1 Å². The first-order chi connectivity index (χ1) is 15.1. The number of nitrogens with zero attached hydrogens (tertiary/aromatic N) is 3. The van der Waals surface area contributed by atoms with Crippen molar-refractivity contribution in [2.24, 2.45) is 11.0 Å². The average molecular weight is 410 g/mol. The first kappa shape index (κ1) is 19.1. The van der Waals surface area contributed by atoms with Crippen LogP contribution in [0, 0.1) is 5.92 Å². The van der Waals surface area contributed by atoms with E-state index >= 15 is 0 Å². The van der Waals surface area contributed by atoms with Crippen LogP contribution in [-0.2, 0) is 4.79 Å². The molecule has 2 heterocycles. The Morgan fingerprint density at radius 1 is 1.00 bits per heavy atom. The number of anilines is 1. The third-order valence-electron chi connectivity index (χ3n) is 5.53. The number of amides is 1. The summed E-state index contributed by atoms with van der Waals surface area (Å²) in [7, 11) is 1.65. The van der Waals surface area contributed by atoms with Crippen LogP contribution >= 0.6 is 0 Å². The lowest BCUT2D eigenvalue weighted by molar-refractivity contribution is -0.119. The number of hydrogen-bond acceptors (Lipinski definition) is 4. The van der Waals surface area contributed by atoms with Crippen LogP contribution in [0.2, 0.25) is 0 Å². The average Bonchev–Trinajstić information content (AvgIpc) is 3.23. The van der Waals surface area contributed by atoms with Gasteiger partial charge in [0, 0.05) is 23.5 Å². The molecule has 1 atom stereocenters. The molecule has 154 valence electrons. The minimum atomic E-state index is 0.00635. The monoisotopic (exact) mass is 410 g/mol. The van der Waals surface area contributed by atoms with Gasteiger partial charge in [-0.25, -0.2) is 9.99 Å². The second-order valence-electron chi connectivity index (χ2n) is 7.68. The summed E-state index contributed by atoms with van der Waals surface area (Å²) >= 11 is 0. The van der Waals surface area contributed by atoms with Crippen LogP contribution in [0.4, 0.5) is 5.69 Å². The number of hydrogen-bond donors (Lipinski definition) is 1. The normalized spacial score (nSPS) is 16.5. The zero-order valence-electron chi connectivity index (χ0n) is 17.4. The van der Waals surface area contributed by atoms with Crippen molar-refractivity contribution in [2.75, 3.05) is 12.1 Å². The molecule has 0 saturated heterocycles. The standard InChI is InChI=1S/C25H22N4O2/c1-16-14-23(30)29(19-6-4-3-5-7-19)28-24(16)18-10-13-21-22(15-18)27-25(26-21)17-8-11-20(31-2)12-9-17/h3-13,15-16H,14H2,1-2H3,(H,26,27).